The van der Waals surface area contributed by atoms with E-state index in [9.17, 15) is 4.39 Å². The fourth-order valence-electron chi connectivity index (χ4n) is 3.06. The summed E-state index contributed by atoms with van der Waals surface area (Å²) < 4.78 is 13.1. The zero-order chi connectivity index (χ0) is 12.5. The lowest BCUT2D eigenvalue weighted by Crippen LogP contribution is -2.34. The minimum Gasteiger partial charge on any atom is -0.310 e. The summed E-state index contributed by atoms with van der Waals surface area (Å²) in [5.74, 6) is -0.336. The Morgan fingerprint density at radius 3 is 2.94 bits per heavy atom. The van der Waals surface area contributed by atoms with E-state index in [1.807, 2.05) is 6.07 Å². The molecule has 2 heterocycles. The molecule has 2 nitrogen and oxygen atoms in total. The summed E-state index contributed by atoms with van der Waals surface area (Å²) in [4.78, 5) is 2.44. The maximum absolute atomic E-state index is 13.1. The van der Waals surface area contributed by atoms with Crippen LogP contribution in [0, 0.1) is 5.82 Å². The predicted molar refractivity (Wildman–Crippen MR) is 71.2 cm³/mol. The number of likely N-dealkylation sites (tertiary alicyclic amines) is 1. The Hall–Kier alpha value is -0.640. The summed E-state index contributed by atoms with van der Waals surface area (Å²) in [5, 5.41) is 3.89. The fourth-order valence-corrected chi connectivity index (χ4v) is 3.26. The van der Waals surface area contributed by atoms with E-state index in [0.29, 0.717) is 12.1 Å². The van der Waals surface area contributed by atoms with Gasteiger partial charge in [-0.2, -0.15) is 0 Å². The van der Waals surface area contributed by atoms with Crippen LogP contribution in [0.3, 0.4) is 0 Å². The van der Waals surface area contributed by atoms with Crippen LogP contribution in [0.5, 0.6) is 0 Å². The van der Waals surface area contributed by atoms with Crippen LogP contribution in [0.1, 0.15) is 24.8 Å². The Kier molecular flexibility index (Phi) is 3.55. The highest BCUT2D eigenvalue weighted by molar-refractivity contribution is 6.30. The van der Waals surface area contributed by atoms with Crippen LogP contribution in [0.25, 0.3) is 0 Å². The summed E-state index contributed by atoms with van der Waals surface area (Å²) in [6, 6.07) is 6.37. The van der Waals surface area contributed by atoms with E-state index in [1.165, 1.54) is 25.3 Å². The van der Waals surface area contributed by atoms with Gasteiger partial charge in [-0.3, -0.25) is 4.90 Å². The molecule has 98 valence electrons. The molecule has 4 heteroatoms. The zero-order valence-corrected chi connectivity index (χ0v) is 11.1. The van der Waals surface area contributed by atoms with E-state index in [2.05, 4.69) is 10.2 Å². The highest BCUT2D eigenvalue weighted by Gasteiger charge is 2.29. The number of rotatable bonds is 2. The van der Waals surface area contributed by atoms with E-state index in [-0.39, 0.29) is 10.8 Å². The number of nitrogens with one attached hydrogen (secondary N) is 1. The average Bonchev–Trinajstić information content (AvgIpc) is 2.68. The molecule has 0 aromatic heterocycles. The first-order valence-corrected chi connectivity index (χ1v) is 7.01. The lowest BCUT2D eigenvalue weighted by Gasteiger charge is -2.24. The normalized spacial score (nSPS) is 28.3. The quantitative estimate of drug-likeness (QED) is 0.887. The van der Waals surface area contributed by atoms with Gasteiger partial charge in [0.1, 0.15) is 5.82 Å². The van der Waals surface area contributed by atoms with E-state index < -0.39 is 0 Å². The Bertz CT molecular complexity index is 438. The lowest BCUT2D eigenvalue weighted by molar-refractivity contribution is 0.251. The first-order chi connectivity index (χ1) is 8.70. The second-order valence-corrected chi connectivity index (χ2v) is 5.82. The van der Waals surface area contributed by atoms with Gasteiger partial charge in [0.15, 0.2) is 0 Å². The van der Waals surface area contributed by atoms with Gasteiger partial charge in [0.25, 0.3) is 0 Å². The molecule has 2 atom stereocenters. The van der Waals surface area contributed by atoms with E-state index >= 15 is 0 Å². The predicted octanol–water partition coefficient (Wildman–Crippen LogP) is 2.81. The monoisotopic (exact) mass is 268 g/mol. The van der Waals surface area contributed by atoms with Crippen molar-refractivity contribution in [2.45, 2.75) is 37.9 Å². The number of fused-ring (bicyclic) bond motifs is 2. The van der Waals surface area contributed by atoms with Gasteiger partial charge in [-0.1, -0.05) is 17.7 Å². The molecule has 2 fully saturated rings. The molecule has 2 saturated heterocycles. The third-order valence-corrected chi connectivity index (χ3v) is 4.29. The maximum Gasteiger partial charge on any atom is 0.141 e. The van der Waals surface area contributed by atoms with Crippen molar-refractivity contribution in [2.75, 3.05) is 13.1 Å². The van der Waals surface area contributed by atoms with Crippen LogP contribution in [0.15, 0.2) is 18.2 Å². The van der Waals surface area contributed by atoms with E-state index in [1.54, 1.807) is 6.07 Å². The van der Waals surface area contributed by atoms with Crippen LogP contribution in [-0.2, 0) is 6.54 Å². The second kappa shape index (κ2) is 5.16. The Balaban J connectivity index is 1.66. The number of halogens is 2. The summed E-state index contributed by atoms with van der Waals surface area (Å²) in [5.41, 5.74) is 1.10. The average molecular weight is 269 g/mol. The van der Waals surface area contributed by atoms with Gasteiger partial charge in [-0.15, -0.1) is 0 Å². The van der Waals surface area contributed by atoms with Gasteiger partial charge in [0.2, 0.25) is 0 Å². The molecule has 2 unspecified atom stereocenters. The largest absolute Gasteiger partial charge is 0.310 e. The summed E-state index contributed by atoms with van der Waals surface area (Å²) in [6.07, 6.45) is 3.82. The Labute approximate surface area is 112 Å². The van der Waals surface area contributed by atoms with Gasteiger partial charge in [-0.25, -0.2) is 4.39 Å². The van der Waals surface area contributed by atoms with E-state index in [0.717, 1.165) is 25.2 Å². The van der Waals surface area contributed by atoms with Crippen molar-refractivity contribution in [3.63, 3.8) is 0 Å². The smallest absolute Gasteiger partial charge is 0.141 e. The molecule has 2 bridgehead atoms. The van der Waals surface area contributed by atoms with Gasteiger partial charge >= 0.3 is 0 Å². The third-order valence-electron chi connectivity index (χ3n) is 4.00. The third kappa shape index (κ3) is 2.68. The molecule has 0 saturated carbocycles. The summed E-state index contributed by atoms with van der Waals surface area (Å²) in [6.45, 7) is 3.07. The molecule has 0 aliphatic carbocycles. The second-order valence-electron chi connectivity index (χ2n) is 5.41. The van der Waals surface area contributed by atoms with Gasteiger partial charge in [0.05, 0.1) is 5.02 Å². The van der Waals surface area contributed by atoms with Crippen molar-refractivity contribution in [3.8, 4) is 0 Å². The lowest BCUT2D eigenvalue weighted by atomic mass is 10.1. The van der Waals surface area contributed by atoms with Crippen molar-refractivity contribution in [1.82, 2.24) is 10.2 Å². The maximum atomic E-state index is 13.1. The molecule has 0 radical (unpaired) electrons. The first kappa shape index (κ1) is 12.4. The minimum absolute atomic E-state index is 0.224. The first-order valence-electron chi connectivity index (χ1n) is 6.63. The van der Waals surface area contributed by atoms with Crippen molar-refractivity contribution < 1.29 is 4.39 Å². The number of benzene rings is 1. The minimum atomic E-state index is -0.336. The number of hydrogen-bond donors (Lipinski definition) is 1. The van der Waals surface area contributed by atoms with Crippen LogP contribution in [-0.4, -0.2) is 30.1 Å². The molecule has 2 aliphatic heterocycles. The molecule has 0 amide bonds. The van der Waals surface area contributed by atoms with Crippen LogP contribution >= 0.6 is 11.6 Å². The topological polar surface area (TPSA) is 15.3 Å². The van der Waals surface area contributed by atoms with Crippen molar-refractivity contribution in [3.05, 3.63) is 34.6 Å². The number of hydrogen-bond acceptors (Lipinski definition) is 2. The summed E-state index contributed by atoms with van der Waals surface area (Å²) in [7, 11) is 0. The standard InChI is InChI=1S/C14H18ClFN2/c15-13-7-10(1-4-14(13)16)8-18-6-5-11-2-3-12(9-18)17-11/h1,4,7,11-12,17H,2-3,5-6,8-9H2. The summed E-state index contributed by atoms with van der Waals surface area (Å²) >= 11 is 5.82. The number of nitrogens with zero attached hydrogens (tertiary/aromatic N) is 1. The van der Waals surface area contributed by atoms with Crippen molar-refractivity contribution in [1.29, 1.82) is 0 Å². The Morgan fingerprint density at radius 1 is 1.28 bits per heavy atom. The molecule has 1 aromatic rings. The molecule has 3 rings (SSSR count). The molecule has 0 spiro atoms. The van der Waals surface area contributed by atoms with Crippen LogP contribution in [0.4, 0.5) is 4.39 Å². The molecule has 1 N–H and O–H groups in total. The van der Waals surface area contributed by atoms with Gasteiger partial charge in [0, 0.05) is 31.7 Å². The molecular weight excluding hydrogens is 251 g/mol. The van der Waals surface area contributed by atoms with Crippen LogP contribution < -0.4 is 5.32 Å². The van der Waals surface area contributed by atoms with Crippen LogP contribution in [0.2, 0.25) is 5.02 Å². The molecular formula is C14H18ClFN2. The highest BCUT2D eigenvalue weighted by atomic mass is 35.5. The van der Waals surface area contributed by atoms with Crippen molar-refractivity contribution in [2.24, 2.45) is 0 Å². The molecule has 2 aliphatic rings. The van der Waals surface area contributed by atoms with E-state index in [4.69, 9.17) is 11.6 Å². The Morgan fingerprint density at radius 2 is 2.11 bits per heavy atom. The molecule has 1 aromatic carbocycles. The molecule has 18 heavy (non-hydrogen) atoms. The highest BCUT2D eigenvalue weighted by Crippen LogP contribution is 2.22. The van der Waals surface area contributed by atoms with Crippen molar-refractivity contribution >= 4 is 11.6 Å². The fraction of sp³-hybridized carbons (Fsp3) is 0.571. The van der Waals surface area contributed by atoms with Gasteiger partial charge in [-0.05, 0) is 37.0 Å². The van der Waals surface area contributed by atoms with Gasteiger partial charge < -0.3 is 5.32 Å². The SMILES string of the molecule is Fc1ccc(CN2CCC3CCC(C2)N3)cc1Cl. The zero-order valence-electron chi connectivity index (χ0n) is 10.3.